The van der Waals surface area contributed by atoms with Crippen LogP contribution in [0.15, 0.2) is 58.3 Å². The van der Waals surface area contributed by atoms with Crippen LogP contribution >= 0.6 is 23.4 Å². The molecule has 0 amide bonds. The lowest BCUT2D eigenvalue weighted by molar-refractivity contribution is 0.967. The van der Waals surface area contributed by atoms with E-state index in [1.54, 1.807) is 11.8 Å². The van der Waals surface area contributed by atoms with Gasteiger partial charge in [0.1, 0.15) is 0 Å². The highest BCUT2D eigenvalue weighted by atomic mass is 35.5. The Kier molecular flexibility index (Phi) is 4.49. The second kappa shape index (κ2) is 6.10. The highest BCUT2D eigenvalue weighted by molar-refractivity contribution is 7.99. The maximum Gasteiger partial charge on any atom is 0.0449 e. The Morgan fingerprint density at radius 1 is 1.00 bits per heavy atom. The van der Waals surface area contributed by atoms with Gasteiger partial charge in [0.15, 0.2) is 0 Å². The summed E-state index contributed by atoms with van der Waals surface area (Å²) in [4.78, 5) is 2.37. The van der Waals surface area contributed by atoms with Crippen LogP contribution in [0.1, 0.15) is 5.56 Å². The van der Waals surface area contributed by atoms with Gasteiger partial charge in [-0.1, -0.05) is 47.6 Å². The standard InChI is InChI=1S/C14H14ClNS/c15-14-10-13(7-6-11(14)8-9-16)17-12-4-2-1-3-5-12/h1-7,10H,8-9,16H2. The van der Waals surface area contributed by atoms with Crippen LogP contribution in [0, 0.1) is 0 Å². The van der Waals surface area contributed by atoms with E-state index < -0.39 is 0 Å². The molecule has 2 rings (SSSR count). The van der Waals surface area contributed by atoms with Crippen LogP contribution in [0.4, 0.5) is 0 Å². The van der Waals surface area contributed by atoms with E-state index in [0.29, 0.717) is 6.54 Å². The predicted molar refractivity (Wildman–Crippen MR) is 74.8 cm³/mol. The van der Waals surface area contributed by atoms with Crippen molar-refractivity contribution in [2.75, 3.05) is 6.54 Å². The summed E-state index contributed by atoms with van der Waals surface area (Å²) in [7, 11) is 0. The van der Waals surface area contributed by atoms with Gasteiger partial charge < -0.3 is 5.73 Å². The van der Waals surface area contributed by atoms with E-state index in [-0.39, 0.29) is 0 Å². The Morgan fingerprint density at radius 2 is 1.76 bits per heavy atom. The van der Waals surface area contributed by atoms with Gasteiger partial charge in [-0.3, -0.25) is 0 Å². The zero-order valence-electron chi connectivity index (χ0n) is 9.40. The summed E-state index contributed by atoms with van der Waals surface area (Å²) in [5, 5.41) is 0.802. The molecule has 0 heterocycles. The predicted octanol–water partition coefficient (Wildman–Crippen LogP) is 3.99. The molecule has 0 aliphatic carbocycles. The van der Waals surface area contributed by atoms with E-state index in [1.165, 1.54) is 4.90 Å². The summed E-state index contributed by atoms with van der Waals surface area (Å²) >= 11 is 7.92. The molecule has 2 N–H and O–H groups in total. The van der Waals surface area contributed by atoms with Gasteiger partial charge in [0.05, 0.1) is 0 Å². The van der Waals surface area contributed by atoms with Crippen LogP contribution < -0.4 is 5.73 Å². The molecule has 0 spiro atoms. The molecule has 0 aliphatic rings. The first-order chi connectivity index (χ1) is 8.29. The minimum absolute atomic E-state index is 0.630. The Morgan fingerprint density at radius 3 is 2.41 bits per heavy atom. The van der Waals surface area contributed by atoms with Gasteiger partial charge in [0, 0.05) is 14.8 Å². The van der Waals surface area contributed by atoms with Crippen LogP contribution in [0.3, 0.4) is 0 Å². The molecule has 0 aromatic heterocycles. The smallest absolute Gasteiger partial charge is 0.0449 e. The Hall–Kier alpha value is -0.960. The van der Waals surface area contributed by atoms with Crippen LogP contribution in [0.2, 0.25) is 5.02 Å². The number of benzene rings is 2. The van der Waals surface area contributed by atoms with Crippen LogP contribution in [0.5, 0.6) is 0 Å². The number of nitrogens with two attached hydrogens (primary N) is 1. The average molecular weight is 264 g/mol. The molecule has 88 valence electrons. The second-order valence-electron chi connectivity index (χ2n) is 3.71. The summed E-state index contributed by atoms with van der Waals surface area (Å²) in [6.07, 6.45) is 0.828. The Bertz CT molecular complexity index is 485. The van der Waals surface area contributed by atoms with Crippen molar-refractivity contribution < 1.29 is 0 Å². The van der Waals surface area contributed by atoms with Gasteiger partial charge >= 0.3 is 0 Å². The fourth-order valence-corrected chi connectivity index (χ4v) is 2.79. The first-order valence-electron chi connectivity index (χ1n) is 5.51. The van der Waals surface area contributed by atoms with E-state index in [2.05, 4.69) is 24.3 Å². The van der Waals surface area contributed by atoms with Crippen LogP contribution in [-0.2, 0) is 6.42 Å². The van der Waals surface area contributed by atoms with Crippen LogP contribution in [-0.4, -0.2) is 6.54 Å². The van der Waals surface area contributed by atoms with Gasteiger partial charge in [0.25, 0.3) is 0 Å². The van der Waals surface area contributed by atoms with Gasteiger partial charge in [-0.25, -0.2) is 0 Å². The molecule has 3 heteroatoms. The minimum atomic E-state index is 0.630. The molecule has 0 aliphatic heterocycles. The summed E-state index contributed by atoms with van der Waals surface area (Å²) in [6, 6.07) is 16.4. The highest BCUT2D eigenvalue weighted by Gasteiger charge is 2.02. The molecule has 0 fully saturated rings. The fourth-order valence-electron chi connectivity index (χ4n) is 1.57. The third kappa shape index (κ3) is 3.50. The van der Waals surface area contributed by atoms with Gasteiger partial charge in [-0.15, -0.1) is 0 Å². The lowest BCUT2D eigenvalue weighted by atomic mass is 10.1. The summed E-state index contributed by atoms with van der Waals surface area (Å²) in [6.45, 7) is 0.630. The first kappa shape index (κ1) is 12.5. The molecule has 0 saturated heterocycles. The van der Waals surface area contributed by atoms with Crippen molar-refractivity contribution in [3.63, 3.8) is 0 Å². The van der Waals surface area contributed by atoms with Crippen molar-refractivity contribution in [3.05, 3.63) is 59.1 Å². The van der Waals surface area contributed by atoms with E-state index in [9.17, 15) is 0 Å². The molecule has 2 aromatic carbocycles. The number of hydrogen-bond acceptors (Lipinski definition) is 2. The van der Waals surface area contributed by atoms with Crippen molar-refractivity contribution in [1.29, 1.82) is 0 Å². The molecule has 0 atom stereocenters. The molecule has 2 aromatic rings. The monoisotopic (exact) mass is 263 g/mol. The maximum atomic E-state index is 6.21. The maximum absolute atomic E-state index is 6.21. The van der Waals surface area contributed by atoms with Crippen molar-refractivity contribution in [2.45, 2.75) is 16.2 Å². The first-order valence-corrected chi connectivity index (χ1v) is 6.70. The third-order valence-electron chi connectivity index (χ3n) is 2.42. The molecular weight excluding hydrogens is 250 g/mol. The molecule has 0 unspecified atom stereocenters. The van der Waals surface area contributed by atoms with E-state index in [0.717, 1.165) is 21.9 Å². The van der Waals surface area contributed by atoms with Crippen molar-refractivity contribution in [1.82, 2.24) is 0 Å². The van der Waals surface area contributed by atoms with E-state index in [4.69, 9.17) is 17.3 Å². The second-order valence-corrected chi connectivity index (χ2v) is 5.26. The molecule has 0 saturated carbocycles. The zero-order chi connectivity index (χ0) is 12.1. The summed E-state index contributed by atoms with van der Waals surface area (Å²) in [5.41, 5.74) is 6.64. The van der Waals surface area contributed by atoms with Gasteiger partial charge in [-0.2, -0.15) is 0 Å². The quantitative estimate of drug-likeness (QED) is 0.903. The van der Waals surface area contributed by atoms with E-state index >= 15 is 0 Å². The molecule has 17 heavy (non-hydrogen) atoms. The Balaban J connectivity index is 2.15. The molecule has 1 nitrogen and oxygen atoms in total. The largest absolute Gasteiger partial charge is 0.330 e. The lowest BCUT2D eigenvalue weighted by Gasteiger charge is -2.06. The number of hydrogen-bond donors (Lipinski definition) is 1. The van der Waals surface area contributed by atoms with E-state index in [1.807, 2.05) is 24.3 Å². The Labute approximate surface area is 111 Å². The number of halogens is 1. The SMILES string of the molecule is NCCc1ccc(Sc2ccccc2)cc1Cl. The lowest BCUT2D eigenvalue weighted by Crippen LogP contribution is -2.02. The van der Waals surface area contributed by atoms with Crippen molar-refractivity contribution in [3.8, 4) is 0 Å². The van der Waals surface area contributed by atoms with Crippen LogP contribution in [0.25, 0.3) is 0 Å². The minimum Gasteiger partial charge on any atom is -0.330 e. The highest BCUT2D eigenvalue weighted by Crippen LogP contribution is 2.30. The van der Waals surface area contributed by atoms with Crippen molar-refractivity contribution in [2.24, 2.45) is 5.73 Å². The fraction of sp³-hybridized carbons (Fsp3) is 0.143. The topological polar surface area (TPSA) is 26.0 Å². The third-order valence-corrected chi connectivity index (χ3v) is 3.77. The molecule has 0 radical (unpaired) electrons. The number of rotatable bonds is 4. The van der Waals surface area contributed by atoms with Crippen molar-refractivity contribution >= 4 is 23.4 Å². The molecular formula is C14H14ClNS. The zero-order valence-corrected chi connectivity index (χ0v) is 11.0. The van der Waals surface area contributed by atoms with Gasteiger partial charge in [-0.05, 0) is 42.8 Å². The molecule has 0 bridgehead atoms. The normalized spacial score (nSPS) is 10.5. The average Bonchev–Trinajstić information content (AvgIpc) is 2.34. The summed E-state index contributed by atoms with van der Waals surface area (Å²) < 4.78 is 0. The summed E-state index contributed by atoms with van der Waals surface area (Å²) in [5.74, 6) is 0. The van der Waals surface area contributed by atoms with Gasteiger partial charge in [0.2, 0.25) is 0 Å².